The average Bonchev–Trinajstić information content (AvgIpc) is 2.42. The third kappa shape index (κ3) is 4.61. The molecule has 1 rings (SSSR count). The third-order valence-electron chi connectivity index (χ3n) is 2.42. The van der Waals surface area contributed by atoms with E-state index in [0.717, 1.165) is 5.56 Å². The minimum absolute atomic E-state index is 0.144. The molecule has 2 nitrogen and oxygen atoms in total. The Balaban J connectivity index is 3.17. The Bertz CT molecular complexity index is 583. The van der Waals surface area contributed by atoms with Gasteiger partial charge >= 0.3 is 0 Å². The Kier molecular flexibility index (Phi) is 5.78. The lowest BCUT2D eigenvalue weighted by Crippen LogP contribution is -1.96. The first-order chi connectivity index (χ1) is 9.19. The molecule has 0 spiro atoms. The molecular formula is C17H15NO. The average molecular weight is 249 g/mol. The van der Waals surface area contributed by atoms with Crippen LogP contribution in [-0.2, 0) is 4.79 Å². The summed E-state index contributed by atoms with van der Waals surface area (Å²) < 4.78 is 0. The van der Waals surface area contributed by atoms with E-state index in [1.54, 1.807) is 24.3 Å². The summed E-state index contributed by atoms with van der Waals surface area (Å²) in [5.41, 5.74) is 1.73. The van der Waals surface area contributed by atoms with Gasteiger partial charge in [-0.3, -0.25) is 4.79 Å². The standard InChI is InChI=1S/C17H15NO/c1-3-4-10-16(17(13-18)14(2)19)12-11-15-8-6-5-7-9-15/h3-12H,1H2,2H3. The van der Waals surface area contributed by atoms with E-state index in [4.69, 9.17) is 5.26 Å². The molecule has 1 aromatic rings. The molecule has 0 atom stereocenters. The molecule has 2 heteroatoms. The van der Waals surface area contributed by atoms with Gasteiger partial charge in [0.2, 0.25) is 0 Å². The van der Waals surface area contributed by atoms with Crippen LogP contribution in [0.1, 0.15) is 12.5 Å². The normalized spacial score (nSPS) is 12.2. The first-order valence-electron chi connectivity index (χ1n) is 5.86. The highest BCUT2D eigenvalue weighted by Gasteiger charge is 2.06. The van der Waals surface area contributed by atoms with Crippen molar-refractivity contribution in [3.63, 3.8) is 0 Å². The van der Waals surface area contributed by atoms with Crippen LogP contribution in [0.3, 0.4) is 0 Å². The predicted octanol–water partition coefficient (Wildman–Crippen LogP) is 3.85. The number of rotatable bonds is 5. The van der Waals surface area contributed by atoms with Crippen LogP contribution in [-0.4, -0.2) is 5.78 Å². The molecule has 0 aliphatic rings. The number of allylic oxidation sites excluding steroid dienone is 6. The van der Waals surface area contributed by atoms with Gasteiger partial charge in [-0.2, -0.15) is 5.26 Å². The van der Waals surface area contributed by atoms with Crippen LogP contribution in [0.15, 0.2) is 72.4 Å². The molecule has 0 radical (unpaired) electrons. The maximum absolute atomic E-state index is 11.4. The lowest BCUT2D eigenvalue weighted by Gasteiger charge is -1.98. The van der Waals surface area contributed by atoms with Gasteiger partial charge in [0.1, 0.15) is 11.6 Å². The molecule has 0 amide bonds. The molecule has 0 fully saturated rings. The van der Waals surface area contributed by atoms with E-state index >= 15 is 0 Å². The molecule has 0 saturated heterocycles. The van der Waals surface area contributed by atoms with E-state index in [9.17, 15) is 4.79 Å². The molecule has 1 aromatic carbocycles. The van der Waals surface area contributed by atoms with Crippen molar-refractivity contribution in [2.45, 2.75) is 6.92 Å². The van der Waals surface area contributed by atoms with Crippen LogP contribution in [0.5, 0.6) is 0 Å². The zero-order chi connectivity index (χ0) is 14.1. The molecule has 0 aliphatic heterocycles. The largest absolute Gasteiger partial charge is 0.294 e. The summed E-state index contributed by atoms with van der Waals surface area (Å²) in [6.45, 7) is 4.97. The van der Waals surface area contributed by atoms with Gasteiger partial charge in [-0.25, -0.2) is 0 Å². The van der Waals surface area contributed by atoms with Crippen molar-refractivity contribution < 1.29 is 4.79 Å². The van der Waals surface area contributed by atoms with Crippen molar-refractivity contribution in [3.05, 3.63) is 77.9 Å². The van der Waals surface area contributed by atoms with Crippen LogP contribution in [0, 0.1) is 11.3 Å². The number of Topliss-reactive ketones (excluding diaryl/α,β-unsaturated/α-hetero) is 1. The topological polar surface area (TPSA) is 40.9 Å². The van der Waals surface area contributed by atoms with Gasteiger partial charge in [0.15, 0.2) is 5.78 Å². The second-order valence-electron chi connectivity index (χ2n) is 3.84. The molecule has 0 aromatic heterocycles. The summed E-state index contributed by atoms with van der Waals surface area (Å²) >= 11 is 0. The third-order valence-corrected chi connectivity index (χ3v) is 2.42. The Labute approximate surface area is 113 Å². The zero-order valence-corrected chi connectivity index (χ0v) is 10.8. The maximum atomic E-state index is 11.4. The number of hydrogen-bond acceptors (Lipinski definition) is 2. The highest BCUT2D eigenvalue weighted by Crippen LogP contribution is 2.12. The molecule has 19 heavy (non-hydrogen) atoms. The van der Waals surface area contributed by atoms with Crippen molar-refractivity contribution >= 4 is 11.9 Å². The lowest BCUT2D eigenvalue weighted by molar-refractivity contribution is -0.113. The number of carbonyl (C=O) groups excluding carboxylic acids is 1. The van der Waals surface area contributed by atoms with Gasteiger partial charge < -0.3 is 0 Å². The van der Waals surface area contributed by atoms with E-state index < -0.39 is 0 Å². The number of hydrogen-bond donors (Lipinski definition) is 0. The van der Waals surface area contributed by atoms with Crippen LogP contribution in [0.4, 0.5) is 0 Å². The van der Waals surface area contributed by atoms with Gasteiger partial charge in [0.05, 0.1) is 0 Å². The SMILES string of the molecule is C=CC=CC(C=Cc1ccccc1)=C(C#N)C(C)=O. The van der Waals surface area contributed by atoms with E-state index in [-0.39, 0.29) is 11.4 Å². The first-order valence-corrected chi connectivity index (χ1v) is 5.86. The number of ketones is 1. The fourth-order valence-corrected chi connectivity index (χ4v) is 1.49. The minimum Gasteiger partial charge on any atom is -0.294 e. The van der Waals surface area contributed by atoms with Crippen molar-refractivity contribution in [3.8, 4) is 6.07 Å². The second-order valence-corrected chi connectivity index (χ2v) is 3.84. The van der Waals surface area contributed by atoms with E-state index in [2.05, 4.69) is 6.58 Å². The van der Waals surface area contributed by atoms with E-state index in [1.165, 1.54) is 6.92 Å². The summed E-state index contributed by atoms with van der Waals surface area (Å²) in [5, 5.41) is 9.04. The van der Waals surface area contributed by atoms with Gasteiger partial charge in [0, 0.05) is 0 Å². The second kappa shape index (κ2) is 7.62. The van der Waals surface area contributed by atoms with E-state index in [0.29, 0.717) is 5.57 Å². The monoisotopic (exact) mass is 249 g/mol. The molecule has 0 saturated carbocycles. The van der Waals surface area contributed by atoms with Crippen molar-refractivity contribution in [2.24, 2.45) is 0 Å². The highest BCUT2D eigenvalue weighted by molar-refractivity contribution is 5.99. The van der Waals surface area contributed by atoms with Crippen LogP contribution in [0.25, 0.3) is 6.08 Å². The van der Waals surface area contributed by atoms with Gasteiger partial charge in [-0.15, -0.1) is 0 Å². The summed E-state index contributed by atoms with van der Waals surface area (Å²) in [6.07, 6.45) is 8.63. The fourth-order valence-electron chi connectivity index (χ4n) is 1.49. The highest BCUT2D eigenvalue weighted by atomic mass is 16.1. The Morgan fingerprint density at radius 3 is 2.47 bits per heavy atom. The maximum Gasteiger partial charge on any atom is 0.170 e. The summed E-state index contributed by atoms with van der Waals surface area (Å²) in [7, 11) is 0. The number of nitrogens with zero attached hydrogens (tertiary/aromatic N) is 1. The number of carbonyl (C=O) groups is 1. The Morgan fingerprint density at radius 2 is 1.95 bits per heavy atom. The smallest absolute Gasteiger partial charge is 0.170 e. The predicted molar refractivity (Wildman–Crippen MR) is 78.1 cm³/mol. The molecule has 0 heterocycles. The number of nitriles is 1. The van der Waals surface area contributed by atoms with Gasteiger partial charge in [-0.05, 0) is 18.1 Å². The van der Waals surface area contributed by atoms with Crippen LogP contribution >= 0.6 is 0 Å². The molecule has 94 valence electrons. The molecular weight excluding hydrogens is 234 g/mol. The summed E-state index contributed by atoms with van der Waals surface area (Å²) in [5.74, 6) is -0.246. The minimum atomic E-state index is -0.246. The van der Waals surface area contributed by atoms with E-state index in [1.807, 2.05) is 42.5 Å². The van der Waals surface area contributed by atoms with Crippen molar-refractivity contribution in [1.82, 2.24) is 0 Å². The molecule has 0 aliphatic carbocycles. The molecule has 0 bridgehead atoms. The van der Waals surface area contributed by atoms with Gasteiger partial charge in [-0.1, -0.05) is 67.3 Å². The van der Waals surface area contributed by atoms with Crippen LogP contribution in [0.2, 0.25) is 0 Å². The summed E-state index contributed by atoms with van der Waals surface area (Å²) in [6, 6.07) is 11.6. The summed E-state index contributed by atoms with van der Waals surface area (Å²) in [4.78, 5) is 11.4. The quantitative estimate of drug-likeness (QED) is 0.452. The Morgan fingerprint density at radius 1 is 1.26 bits per heavy atom. The van der Waals surface area contributed by atoms with Crippen LogP contribution < -0.4 is 0 Å². The Hall–Kier alpha value is -2.66. The van der Waals surface area contributed by atoms with Crippen molar-refractivity contribution in [2.75, 3.05) is 0 Å². The van der Waals surface area contributed by atoms with Gasteiger partial charge in [0.25, 0.3) is 0 Å². The molecule has 0 unspecified atom stereocenters. The van der Waals surface area contributed by atoms with Crippen molar-refractivity contribution in [1.29, 1.82) is 5.26 Å². The fraction of sp³-hybridized carbons (Fsp3) is 0.0588. The molecule has 0 N–H and O–H groups in total. The lowest BCUT2D eigenvalue weighted by atomic mass is 10.0. The number of benzene rings is 1. The zero-order valence-electron chi connectivity index (χ0n) is 10.8. The first kappa shape index (κ1) is 14.4.